The lowest BCUT2D eigenvalue weighted by molar-refractivity contribution is -0.139. The van der Waals surface area contributed by atoms with Gasteiger partial charge in [-0.2, -0.15) is 10.1 Å². The zero-order valence-corrected chi connectivity index (χ0v) is 11.9. The molecule has 1 aliphatic heterocycles. The molecule has 0 amide bonds. The number of aromatic nitrogens is 3. The van der Waals surface area contributed by atoms with Crippen molar-refractivity contribution in [2.45, 2.75) is 26.3 Å². The predicted octanol–water partition coefficient (Wildman–Crippen LogP) is 2.11. The second-order valence-corrected chi connectivity index (χ2v) is 4.75. The third kappa shape index (κ3) is 2.31. The number of rotatable bonds is 4. The summed E-state index contributed by atoms with van der Waals surface area (Å²) in [6, 6.07) is 3.11. The van der Waals surface area contributed by atoms with Gasteiger partial charge in [0.2, 0.25) is 5.95 Å². The number of carbonyl (C=O) groups is 1. The molecule has 2 aromatic heterocycles. The number of allylic oxidation sites excluding steroid dienone is 1. The number of esters is 1. The van der Waals surface area contributed by atoms with Gasteiger partial charge >= 0.3 is 5.97 Å². The fourth-order valence-electron chi connectivity index (χ4n) is 2.34. The number of anilines is 1. The summed E-state index contributed by atoms with van der Waals surface area (Å²) < 4.78 is 12.4. The Hall–Kier alpha value is -2.57. The van der Waals surface area contributed by atoms with Gasteiger partial charge in [0.25, 0.3) is 0 Å². The van der Waals surface area contributed by atoms with Crippen LogP contribution >= 0.6 is 0 Å². The van der Waals surface area contributed by atoms with Crippen molar-refractivity contribution in [3.05, 3.63) is 41.8 Å². The molecule has 110 valence electrons. The fraction of sp³-hybridized carbons (Fsp3) is 0.357. The van der Waals surface area contributed by atoms with Gasteiger partial charge in [0.05, 0.1) is 18.4 Å². The van der Waals surface area contributed by atoms with E-state index in [2.05, 4.69) is 15.4 Å². The maximum Gasteiger partial charge on any atom is 0.338 e. The third-order valence-electron chi connectivity index (χ3n) is 3.26. The van der Waals surface area contributed by atoms with E-state index < -0.39 is 6.04 Å². The van der Waals surface area contributed by atoms with Gasteiger partial charge in [-0.25, -0.2) is 9.48 Å². The van der Waals surface area contributed by atoms with Crippen LogP contribution in [0.5, 0.6) is 0 Å². The van der Waals surface area contributed by atoms with E-state index in [1.54, 1.807) is 17.0 Å². The number of carbonyl (C=O) groups excluding carboxylic acids is 1. The van der Waals surface area contributed by atoms with Crippen LogP contribution in [0, 0.1) is 0 Å². The normalized spacial score (nSPS) is 17.3. The molecule has 0 radical (unpaired) electrons. The molecule has 7 nitrogen and oxygen atoms in total. The van der Waals surface area contributed by atoms with Gasteiger partial charge in [0.1, 0.15) is 18.1 Å². The van der Waals surface area contributed by atoms with Gasteiger partial charge in [0.15, 0.2) is 0 Å². The van der Waals surface area contributed by atoms with Gasteiger partial charge in [-0.3, -0.25) is 0 Å². The first-order valence-corrected chi connectivity index (χ1v) is 6.80. The summed E-state index contributed by atoms with van der Waals surface area (Å²) in [7, 11) is 0. The van der Waals surface area contributed by atoms with E-state index in [1.807, 2.05) is 19.9 Å². The molecule has 0 saturated heterocycles. The Morgan fingerprint density at radius 1 is 1.57 bits per heavy atom. The van der Waals surface area contributed by atoms with Crippen molar-refractivity contribution < 1.29 is 13.9 Å². The van der Waals surface area contributed by atoms with E-state index in [9.17, 15) is 4.79 Å². The SMILES string of the molecule is CCCOC(=O)C1=C(C)Nc2ncnn2C1c1ccco1. The Bertz CT molecular complexity index is 672. The lowest BCUT2D eigenvalue weighted by atomic mass is 10.0. The first-order valence-electron chi connectivity index (χ1n) is 6.80. The lowest BCUT2D eigenvalue weighted by Gasteiger charge is -2.26. The summed E-state index contributed by atoms with van der Waals surface area (Å²) in [6.07, 6.45) is 3.77. The van der Waals surface area contributed by atoms with E-state index in [4.69, 9.17) is 9.15 Å². The number of furan rings is 1. The number of nitrogens with one attached hydrogen (secondary N) is 1. The monoisotopic (exact) mass is 288 g/mol. The molecule has 0 bridgehead atoms. The van der Waals surface area contributed by atoms with Crippen molar-refractivity contribution >= 4 is 11.9 Å². The van der Waals surface area contributed by atoms with Gasteiger partial charge in [0, 0.05) is 5.70 Å². The van der Waals surface area contributed by atoms with Crippen LogP contribution in [0.25, 0.3) is 0 Å². The Labute approximate surface area is 121 Å². The summed E-state index contributed by atoms with van der Waals surface area (Å²) >= 11 is 0. The van der Waals surface area contributed by atoms with E-state index in [0.29, 0.717) is 29.6 Å². The molecule has 1 atom stereocenters. The molecule has 2 aromatic rings. The van der Waals surface area contributed by atoms with Gasteiger partial charge in [-0.1, -0.05) is 6.92 Å². The van der Waals surface area contributed by atoms with E-state index in [1.165, 1.54) is 6.33 Å². The van der Waals surface area contributed by atoms with Crippen LogP contribution in [0.15, 0.2) is 40.4 Å². The average molecular weight is 288 g/mol. The molecule has 1 aliphatic rings. The second kappa shape index (κ2) is 5.43. The lowest BCUT2D eigenvalue weighted by Crippen LogP contribution is -2.29. The van der Waals surface area contributed by atoms with Crippen molar-refractivity contribution in [2.75, 3.05) is 11.9 Å². The van der Waals surface area contributed by atoms with Crippen molar-refractivity contribution in [3.63, 3.8) is 0 Å². The molecule has 1 N–H and O–H groups in total. The molecular formula is C14H16N4O3. The summed E-state index contributed by atoms with van der Waals surface area (Å²) in [4.78, 5) is 16.5. The van der Waals surface area contributed by atoms with Gasteiger partial charge in [-0.05, 0) is 25.5 Å². The largest absolute Gasteiger partial charge is 0.467 e. The Kier molecular flexibility index (Phi) is 3.47. The number of fused-ring (bicyclic) bond motifs is 1. The third-order valence-corrected chi connectivity index (χ3v) is 3.26. The number of nitrogens with zero attached hydrogens (tertiary/aromatic N) is 3. The molecule has 0 aromatic carbocycles. The van der Waals surface area contributed by atoms with Crippen LogP contribution in [0.1, 0.15) is 32.1 Å². The topological polar surface area (TPSA) is 82.2 Å². The minimum absolute atomic E-state index is 0.371. The Morgan fingerprint density at radius 2 is 2.43 bits per heavy atom. The van der Waals surface area contributed by atoms with Crippen molar-refractivity contribution in [1.29, 1.82) is 0 Å². The second-order valence-electron chi connectivity index (χ2n) is 4.75. The number of hydrogen-bond donors (Lipinski definition) is 1. The Balaban J connectivity index is 2.04. The van der Waals surface area contributed by atoms with Gasteiger partial charge in [-0.15, -0.1) is 0 Å². The summed E-state index contributed by atoms with van der Waals surface area (Å²) in [5.74, 6) is 0.816. The van der Waals surface area contributed by atoms with Crippen LogP contribution in [0.3, 0.4) is 0 Å². The molecule has 1 unspecified atom stereocenters. The Morgan fingerprint density at radius 3 is 3.14 bits per heavy atom. The maximum absolute atomic E-state index is 12.4. The van der Waals surface area contributed by atoms with E-state index in [-0.39, 0.29) is 5.97 Å². The molecule has 3 rings (SSSR count). The van der Waals surface area contributed by atoms with Gasteiger partial charge < -0.3 is 14.5 Å². The van der Waals surface area contributed by atoms with Crippen molar-refractivity contribution in [3.8, 4) is 0 Å². The maximum atomic E-state index is 12.4. The zero-order valence-electron chi connectivity index (χ0n) is 11.9. The molecule has 0 spiro atoms. The molecular weight excluding hydrogens is 272 g/mol. The predicted molar refractivity (Wildman–Crippen MR) is 74.4 cm³/mol. The molecule has 0 fully saturated rings. The van der Waals surface area contributed by atoms with Crippen LogP contribution in [-0.2, 0) is 9.53 Å². The van der Waals surface area contributed by atoms with E-state index >= 15 is 0 Å². The number of ether oxygens (including phenoxy) is 1. The van der Waals surface area contributed by atoms with Crippen LogP contribution < -0.4 is 5.32 Å². The number of hydrogen-bond acceptors (Lipinski definition) is 6. The van der Waals surface area contributed by atoms with Crippen molar-refractivity contribution in [2.24, 2.45) is 0 Å². The highest BCUT2D eigenvalue weighted by Gasteiger charge is 2.35. The first-order chi connectivity index (χ1) is 10.2. The van der Waals surface area contributed by atoms with Crippen molar-refractivity contribution in [1.82, 2.24) is 14.8 Å². The highest BCUT2D eigenvalue weighted by Crippen LogP contribution is 2.35. The molecule has 7 heteroatoms. The minimum atomic E-state index is -0.469. The summed E-state index contributed by atoms with van der Waals surface area (Å²) in [5.41, 5.74) is 1.18. The fourth-order valence-corrected chi connectivity index (χ4v) is 2.34. The molecule has 21 heavy (non-hydrogen) atoms. The standard InChI is InChI=1S/C14H16N4O3/c1-3-6-21-13(19)11-9(2)17-14-15-8-16-18(14)12(11)10-5-4-7-20-10/h4-5,7-8,12H,3,6H2,1-2H3,(H,15,16,17). The van der Waals surface area contributed by atoms with Crippen LogP contribution in [0.2, 0.25) is 0 Å². The first kappa shape index (κ1) is 13.4. The molecule has 0 aliphatic carbocycles. The zero-order chi connectivity index (χ0) is 14.8. The quantitative estimate of drug-likeness (QED) is 0.868. The molecule has 3 heterocycles. The van der Waals surface area contributed by atoms with Crippen LogP contribution in [0.4, 0.5) is 5.95 Å². The highest BCUT2D eigenvalue weighted by atomic mass is 16.5. The summed E-state index contributed by atoms with van der Waals surface area (Å²) in [5, 5.41) is 7.25. The molecule has 0 saturated carbocycles. The smallest absolute Gasteiger partial charge is 0.338 e. The minimum Gasteiger partial charge on any atom is -0.467 e. The summed E-state index contributed by atoms with van der Waals surface area (Å²) in [6.45, 7) is 4.15. The average Bonchev–Trinajstić information content (AvgIpc) is 3.13. The van der Waals surface area contributed by atoms with E-state index in [0.717, 1.165) is 6.42 Å². The highest BCUT2D eigenvalue weighted by molar-refractivity contribution is 5.92. The van der Waals surface area contributed by atoms with Crippen LogP contribution in [-0.4, -0.2) is 27.3 Å².